The van der Waals surface area contributed by atoms with Gasteiger partial charge in [-0.05, 0) is 12.5 Å². The number of hydrogen-bond donors (Lipinski definition) is 0. The molecule has 0 saturated carbocycles. The van der Waals surface area contributed by atoms with Crippen LogP contribution >= 0.6 is 0 Å². The largest absolute Gasteiger partial charge is 0.304 e. The first-order chi connectivity index (χ1) is 8.44. The summed E-state index contributed by atoms with van der Waals surface area (Å²) in [7, 11) is 2.22. The van der Waals surface area contributed by atoms with Gasteiger partial charge in [0.05, 0.1) is 0 Å². The van der Waals surface area contributed by atoms with E-state index in [9.17, 15) is 0 Å². The molecular weight excluding hydrogens is 224 g/mol. The monoisotopic (exact) mass is 254 g/mol. The third-order valence-electron chi connectivity index (χ3n) is 3.93. The van der Waals surface area contributed by atoms with Gasteiger partial charge in [-0.1, -0.05) is 20.8 Å². The lowest BCUT2D eigenvalue weighted by Gasteiger charge is -2.45. The quantitative estimate of drug-likeness (QED) is 0.723. The molecule has 0 spiro atoms. The van der Waals surface area contributed by atoms with Crippen molar-refractivity contribution in [2.24, 2.45) is 5.41 Å². The molecule has 2 rings (SSSR count). The van der Waals surface area contributed by atoms with Crippen molar-refractivity contribution in [3.8, 4) is 0 Å². The molecule has 2 aliphatic heterocycles. The Morgan fingerprint density at radius 2 is 1.17 bits per heavy atom. The van der Waals surface area contributed by atoms with E-state index in [0.29, 0.717) is 5.41 Å². The molecule has 0 N–H and O–H groups in total. The van der Waals surface area contributed by atoms with Gasteiger partial charge in [0.25, 0.3) is 0 Å². The number of hydrazine groups is 1. The van der Waals surface area contributed by atoms with Crippen molar-refractivity contribution >= 4 is 0 Å². The van der Waals surface area contributed by atoms with E-state index in [2.05, 4.69) is 47.6 Å². The third-order valence-corrected chi connectivity index (χ3v) is 3.93. The van der Waals surface area contributed by atoms with E-state index < -0.39 is 0 Å². The van der Waals surface area contributed by atoms with Crippen LogP contribution in [-0.4, -0.2) is 85.8 Å². The smallest absolute Gasteiger partial charge is 0.0261 e. The highest BCUT2D eigenvalue weighted by Gasteiger charge is 2.26. The summed E-state index contributed by atoms with van der Waals surface area (Å²) in [5.74, 6) is 0. The van der Waals surface area contributed by atoms with Crippen molar-refractivity contribution < 1.29 is 0 Å². The van der Waals surface area contributed by atoms with E-state index in [-0.39, 0.29) is 0 Å². The van der Waals surface area contributed by atoms with Crippen molar-refractivity contribution in [2.45, 2.75) is 20.8 Å². The van der Waals surface area contributed by atoms with Gasteiger partial charge in [-0.15, -0.1) is 0 Å². The first kappa shape index (κ1) is 14.3. The van der Waals surface area contributed by atoms with Crippen LogP contribution in [0.3, 0.4) is 0 Å². The van der Waals surface area contributed by atoms with Gasteiger partial charge in [-0.2, -0.15) is 0 Å². The molecule has 0 unspecified atom stereocenters. The fraction of sp³-hybridized carbons (Fsp3) is 1.00. The Morgan fingerprint density at radius 3 is 1.61 bits per heavy atom. The Hall–Kier alpha value is -0.160. The standard InChI is InChI=1S/C14H30N4/c1-14(2,3)13-16-7-11-18(12-8-16)17-9-5-15(4)6-10-17/h5-13H2,1-4H3. The molecule has 2 fully saturated rings. The number of piperazine rings is 2. The van der Waals surface area contributed by atoms with Crippen molar-refractivity contribution in [1.82, 2.24) is 19.8 Å². The molecule has 2 aliphatic rings. The van der Waals surface area contributed by atoms with E-state index in [4.69, 9.17) is 0 Å². The predicted molar refractivity (Wildman–Crippen MR) is 76.5 cm³/mol. The van der Waals surface area contributed by atoms with Gasteiger partial charge in [0.15, 0.2) is 0 Å². The zero-order valence-corrected chi connectivity index (χ0v) is 12.7. The molecule has 106 valence electrons. The Kier molecular flexibility index (Phi) is 4.64. The summed E-state index contributed by atoms with van der Waals surface area (Å²) < 4.78 is 0. The minimum Gasteiger partial charge on any atom is -0.304 e. The molecule has 0 bridgehead atoms. The van der Waals surface area contributed by atoms with Crippen LogP contribution < -0.4 is 0 Å². The van der Waals surface area contributed by atoms with Crippen molar-refractivity contribution in [3.05, 3.63) is 0 Å². The molecule has 0 aliphatic carbocycles. The Balaban J connectivity index is 1.73. The number of hydrogen-bond acceptors (Lipinski definition) is 4. The summed E-state index contributed by atoms with van der Waals surface area (Å²) in [5.41, 5.74) is 0.427. The Bertz CT molecular complexity index is 245. The fourth-order valence-corrected chi connectivity index (χ4v) is 2.93. The van der Waals surface area contributed by atoms with Crippen molar-refractivity contribution in [1.29, 1.82) is 0 Å². The van der Waals surface area contributed by atoms with Crippen LogP contribution in [0.4, 0.5) is 0 Å². The van der Waals surface area contributed by atoms with Crippen LogP contribution in [0.5, 0.6) is 0 Å². The lowest BCUT2D eigenvalue weighted by atomic mass is 9.96. The molecule has 0 amide bonds. The van der Waals surface area contributed by atoms with Crippen molar-refractivity contribution in [2.75, 3.05) is 66.0 Å². The summed E-state index contributed by atoms with van der Waals surface area (Å²) >= 11 is 0. The first-order valence-electron chi connectivity index (χ1n) is 7.35. The second-order valence-electron chi connectivity index (χ2n) is 7.05. The fourth-order valence-electron chi connectivity index (χ4n) is 2.93. The highest BCUT2D eigenvalue weighted by atomic mass is 15.6. The molecule has 0 aromatic carbocycles. The highest BCUT2D eigenvalue weighted by Crippen LogP contribution is 2.17. The zero-order chi connectivity index (χ0) is 13.2. The maximum absolute atomic E-state index is 2.62. The molecule has 0 atom stereocenters. The van der Waals surface area contributed by atoms with E-state index in [0.717, 1.165) is 0 Å². The maximum Gasteiger partial charge on any atom is 0.0261 e. The molecular formula is C14H30N4. The Morgan fingerprint density at radius 1 is 0.722 bits per heavy atom. The molecule has 2 heterocycles. The minimum absolute atomic E-state index is 0.427. The topological polar surface area (TPSA) is 13.0 Å². The molecule has 4 nitrogen and oxygen atoms in total. The normalized spacial score (nSPS) is 26.7. The number of likely N-dealkylation sites (N-methyl/N-ethyl adjacent to an activating group) is 1. The van der Waals surface area contributed by atoms with Gasteiger partial charge in [0, 0.05) is 58.9 Å². The van der Waals surface area contributed by atoms with Crippen LogP contribution in [0, 0.1) is 5.41 Å². The highest BCUT2D eigenvalue weighted by molar-refractivity contribution is 4.77. The van der Waals surface area contributed by atoms with E-state index in [1.54, 1.807) is 0 Å². The van der Waals surface area contributed by atoms with Crippen LogP contribution in [-0.2, 0) is 0 Å². The molecule has 0 aromatic heterocycles. The second-order valence-corrected chi connectivity index (χ2v) is 7.05. The van der Waals surface area contributed by atoms with Crippen LogP contribution in [0.15, 0.2) is 0 Å². The molecule has 4 heteroatoms. The average Bonchev–Trinajstić information content (AvgIpc) is 2.29. The van der Waals surface area contributed by atoms with E-state index in [1.165, 1.54) is 58.9 Å². The summed E-state index contributed by atoms with van der Waals surface area (Å²) in [4.78, 5) is 5.04. The Labute approximate surface area is 112 Å². The lowest BCUT2D eigenvalue weighted by Crippen LogP contribution is -2.58. The van der Waals surface area contributed by atoms with E-state index in [1.807, 2.05) is 0 Å². The van der Waals surface area contributed by atoms with Crippen molar-refractivity contribution in [3.63, 3.8) is 0 Å². The number of nitrogens with zero attached hydrogens (tertiary/aromatic N) is 4. The predicted octanol–water partition coefficient (Wildman–Crippen LogP) is 0.813. The molecule has 0 radical (unpaired) electrons. The first-order valence-corrected chi connectivity index (χ1v) is 7.35. The van der Waals surface area contributed by atoms with Crippen LogP contribution in [0.25, 0.3) is 0 Å². The van der Waals surface area contributed by atoms with Gasteiger partial charge in [-0.3, -0.25) is 0 Å². The van der Waals surface area contributed by atoms with Gasteiger partial charge in [-0.25, -0.2) is 10.0 Å². The van der Waals surface area contributed by atoms with Crippen LogP contribution in [0.2, 0.25) is 0 Å². The molecule has 18 heavy (non-hydrogen) atoms. The lowest BCUT2D eigenvalue weighted by molar-refractivity contribution is -0.0813. The minimum atomic E-state index is 0.427. The zero-order valence-electron chi connectivity index (χ0n) is 12.7. The summed E-state index contributed by atoms with van der Waals surface area (Å²) in [6.45, 7) is 17.9. The third kappa shape index (κ3) is 4.19. The van der Waals surface area contributed by atoms with Gasteiger partial charge in [0.2, 0.25) is 0 Å². The van der Waals surface area contributed by atoms with Gasteiger partial charge < -0.3 is 9.80 Å². The van der Waals surface area contributed by atoms with E-state index >= 15 is 0 Å². The summed E-state index contributed by atoms with van der Waals surface area (Å²) in [6, 6.07) is 0. The average molecular weight is 254 g/mol. The van der Waals surface area contributed by atoms with Gasteiger partial charge >= 0.3 is 0 Å². The maximum atomic E-state index is 2.62. The SMILES string of the molecule is CN1CCN(N2CCN(CC(C)(C)C)CC2)CC1. The van der Waals surface area contributed by atoms with Gasteiger partial charge in [0.1, 0.15) is 0 Å². The summed E-state index contributed by atoms with van der Waals surface area (Å²) in [5, 5.41) is 5.14. The number of rotatable bonds is 2. The van der Waals surface area contributed by atoms with Crippen LogP contribution in [0.1, 0.15) is 20.8 Å². The molecule has 0 aromatic rings. The molecule has 2 saturated heterocycles. The second kappa shape index (κ2) is 5.87. The summed E-state index contributed by atoms with van der Waals surface area (Å²) in [6.07, 6.45) is 0.